The summed E-state index contributed by atoms with van der Waals surface area (Å²) in [6, 6.07) is 6.27. The van der Waals surface area contributed by atoms with Crippen LogP contribution in [0.1, 0.15) is 57.2 Å². The molecule has 2 rings (SSSR count). The molecule has 3 heteroatoms. The maximum absolute atomic E-state index is 10.9. The summed E-state index contributed by atoms with van der Waals surface area (Å²) in [5.41, 5.74) is 5.47. The summed E-state index contributed by atoms with van der Waals surface area (Å²) in [6.45, 7) is 12.7. The molecule has 0 radical (unpaired) electrons. The molecule has 1 heterocycles. The van der Waals surface area contributed by atoms with Crippen molar-refractivity contribution in [3.05, 3.63) is 52.7 Å². The van der Waals surface area contributed by atoms with Crippen LogP contribution in [0.4, 0.5) is 0 Å². The number of carboxylic acid groups (broad SMARTS) is 1. The second kappa shape index (κ2) is 9.21. The summed E-state index contributed by atoms with van der Waals surface area (Å²) in [4.78, 5) is 15.1. The van der Waals surface area contributed by atoms with E-state index in [0.29, 0.717) is 6.42 Å². The first-order chi connectivity index (χ1) is 11.3. The molecule has 3 nitrogen and oxygen atoms in total. The molecule has 0 aromatic heterocycles. The van der Waals surface area contributed by atoms with Crippen molar-refractivity contribution in [1.82, 2.24) is 0 Å². The average molecular weight is 327 g/mol. The highest BCUT2D eigenvalue weighted by molar-refractivity contribution is 6.26. The minimum Gasteiger partial charge on any atom is -0.477 e. The molecule has 0 saturated heterocycles. The molecule has 1 aliphatic heterocycles. The van der Waals surface area contributed by atoms with E-state index in [1.165, 1.54) is 17.5 Å². The molecule has 1 N–H and O–H groups in total. The third kappa shape index (κ3) is 5.48. The monoisotopic (exact) mass is 327 g/mol. The summed E-state index contributed by atoms with van der Waals surface area (Å²) < 4.78 is 0. The van der Waals surface area contributed by atoms with Gasteiger partial charge in [-0.05, 0) is 49.5 Å². The van der Waals surface area contributed by atoms with Gasteiger partial charge in [0.25, 0.3) is 0 Å². The van der Waals surface area contributed by atoms with E-state index in [1.807, 2.05) is 19.9 Å². The van der Waals surface area contributed by atoms with Gasteiger partial charge in [-0.15, -0.1) is 0 Å². The molecule has 130 valence electrons. The highest BCUT2D eigenvalue weighted by atomic mass is 16.4. The van der Waals surface area contributed by atoms with Crippen molar-refractivity contribution in [3.63, 3.8) is 0 Å². The molecule has 1 aromatic carbocycles. The lowest BCUT2D eigenvalue weighted by atomic mass is 9.94. The highest BCUT2D eigenvalue weighted by Gasteiger charge is 2.18. The number of carboxylic acids is 1. The van der Waals surface area contributed by atoms with Crippen molar-refractivity contribution in [3.8, 4) is 0 Å². The number of hydrogen-bond donors (Lipinski definition) is 1. The third-order valence-corrected chi connectivity index (χ3v) is 4.06. The minimum absolute atomic E-state index is 0.139. The first-order valence-corrected chi connectivity index (χ1v) is 8.55. The standard InChI is InChI=1S/C16H17NO2.C5H12/c1-4-12(13-9-10(2)5-6-11(13)3)14-7-8-15(17-14)16(18)19;1-4-5(2)3/h4-6,8-9H,7H2,1-3H3,(H,18,19);5H,4H2,1-3H3/b12-4+;. The van der Waals surface area contributed by atoms with E-state index in [1.54, 1.807) is 6.08 Å². The van der Waals surface area contributed by atoms with Crippen molar-refractivity contribution < 1.29 is 9.90 Å². The quantitative estimate of drug-likeness (QED) is 0.785. The van der Waals surface area contributed by atoms with E-state index in [2.05, 4.69) is 50.9 Å². The molecule has 0 aliphatic carbocycles. The lowest BCUT2D eigenvalue weighted by Crippen LogP contribution is -2.02. The van der Waals surface area contributed by atoms with E-state index in [4.69, 9.17) is 5.11 Å². The van der Waals surface area contributed by atoms with Gasteiger partial charge in [-0.25, -0.2) is 9.79 Å². The Labute approximate surface area is 145 Å². The second-order valence-corrected chi connectivity index (χ2v) is 6.48. The number of rotatable bonds is 4. The van der Waals surface area contributed by atoms with Gasteiger partial charge in [0.05, 0.1) is 5.71 Å². The number of aliphatic carboxylic acids is 1. The summed E-state index contributed by atoms with van der Waals surface area (Å²) in [6.07, 6.45) is 5.54. The molecule has 0 saturated carbocycles. The number of hydrogen-bond acceptors (Lipinski definition) is 2. The average Bonchev–Trinajstić information content (AvgIpc) is 3.02. The molecule has 0 amide bonds. The Balaban J connectivity index is 0.000000505. The van der Waals surface area contributed by atoms with Gasteiger partial charge in [0.15, 0.2) is 0 Å². The van der Waals surface area contributed by atoms with Crippen LogP contribution in [0, 0.1) is 19.8 Å². The van der Waals surface area contributed by atoms with Gasteiger partial charge < -0.3 is 5.11 Å². The molecule has 24 heavy (non-hydrogen) atoms. The Bertz CT molecular complexity index is 679. The summed E-state index contributed by atoms with van der Waals surface area (Å²) in [7, 11) is 0. The van der Waals surface area contributed by atoms with Gasteiger partial charge in [0.2, 0.25) is 0 Å². The summed E-state index contributed by atoms with van der Waals surface area (Å²) in [5, 5.41) is 8.96. The SMILES string of the molecule is C/C=C(/C1=NC(C(=O)O)=CC1)c1cc(C)ccc1C.CCC(C)C. The van der Waals surface area contributed by atoms with Crippen molar-refractivity contribution in [2.45, 2.75) is 54.4 Å². The predicted octanol–water partition coefficient (Wildman–Crippen LogP) is 5.57. The lowest BCUT2D eigenvalue weighted by molar-refractivity contribution is -0.132. The van der Waals surface area contributed by atoms with Crippen LogP contribution in [-0.2, 0) is 4.79 Å². The lowest BCUT2D eigenvalue weighted by Gasteiger charge is -2.11. The predicted molar refractivity (Wildman–Crippen MR) is 102 cm³/mol. The fraction of sp³-hybridized carbons (Fsp3) is 0.429. The molecule has 0 spiro atoms. The summed E-state index contributed by atoms with van der Waals surface area (Å²) >= 11 is 0. The summed E-state index contributed by atoms with van der Waals surface area (Å²) in [5.74, 6) is -0.0820. The Kier molecular flexibility index (Phi) is 7.63. The molecule has 0 fully saturated rings. The first-order valence-electron chi connectivity index (χ1n) is 8.55. The van der Waals surface area contributed by atoms with Crippen LogP contribution in [0.2, 0.25) is 0 Å². The maximum atomic E-state index is 10.9. The molecule has 1 aliphatic rings. The zero-order valence-electron chi connectivity index (χ0n) is 15.7. The van der Waals surface area contributed by atoms with E-state index >= 15 is 0 Å². The largest absolute Gasteiger partial charge is 0.477 e. The van der Waals surface area contributed by atoms with Crippen LogP contribution in [-0.4, -0.2) is 16.8 Å². The van der Waals surface area contributed by atoms with E-state index in [-0.39, 0.29) is 5.70 Å². The van der Waals surface area contributed by atoms with E-state index in [0.717, 1.165) is 22.8 Å². The number of aliphatic imine (C=N–C) groups is 1. The van der Waals surface area contributed by atoms with Crippen LogP contribution >= 0.6 is 0 Å². The zero-order valence-corrected chi connectivity index (χ0v) is 15.7. The Morgan fingerprint density at radius 1 is 1.33 bits per heavy atom. The smallest absolute Gasteiger partial charge is 0.354 e. The van der Waals surface area contributed by atoms with Crippen LogP contribution in [0.25, 0.3) is 5.57 Å². The van der Waals surface area contributed by atoms with Crippen molar-refractivity contribution in [2.75, 3.05) is 0 Å². The van der Waals surface area contributed by atoms with Crippen molar-refractivity contribution >= 4 is 17.3 Å². The number of aryl methyl sites for hydroxylation is 2. The van der Waals surface area contributed by atoms with Crippen LogP contribution < -0.4 is 0 Å². The Morgan fingerprint density at radius 2 is 1.96 bits per heavy atom. The third-order valence-electron chi connectivity index (χ3n) is 4.06. The molecule has 0 bridgehead atoms. The highest BCUT2D eigenvalue weighted by Crippen LogP contribution is 2.26. The zero-order chi connectivity index (χ0) is 18.3. The van der Waals surface area contributed by atoms with E-state index in [9.17, 15) is 4.79 Å². The fourth-order valence-electron chi connectivity index (χ4n) is 2.24. The molecule has 0 atom stereocenters. The van der Waals surface area contributed by atoms with E-state index < -0.39 is 5.97 Å². The van der Waals surface area contributed by atoms with Gasteiger partial charge in [-0.1, -0.05) is 57.0 Å². The number of carbonyl (C=O) groups is 1. The number of benzene rings is 1. The van der Waals surface area contributed by atoms with Crippen molar-refractivity contribution in [1.29, 1.82) is 0 Å². The fourth-order valence-corrected chi connectivity index (χ4v) is 2.24. The maximum Gasteiger partial charge on any atom is 0.354 e. The van der Waals surface area contributed by atoms with Crippen LogP contribution in [0.15, 0.2) is 41.0 Å². The Hall–Kier alpha value is -2.16. The van der Waals surface area contributed by atoms with Crippen LogP contribution in [0.5, 0.6) is 0 Å². The van der Waals surface area contributed by atoms with Gasteiger partial charge in [-0.3, -0.25) is 0 Å². The van der Waals surface area contributed by atoms with Crippen molar-refractivity contribution in [2.24, 2.45) is 10.9 Å². The van der Waals surface area contributed by atoms with Crippen LogP contribution in [0.3, 0.4) is 0 Å². The van der Waals surface area contributed by atoms with Gasteiger partial charge >= 0.3 is 5.97 Å². The topological polar surface area (TPSA) is 49.7 Å². The Morgan fingerprint density at radius 3 is 2.42 bits per heavy atom. The van der Waals surface area contributed by atoms with Gasteiger partial charge in [0.1, 0.15) is 5.70 Å². The number of nitrogens with zero attached hydrogens (tertiary/aromatic N) is 1. The molecule has 1 aromatic rings. The van der Waals surface area contributed by atoms with Gasteiger partial charge in [0, 0.05) is 6.42 Å². The molecular weight excluding hydrogens is 298 g/mol. The minimum atomic E-state index is -0.966. The van der Waals surface area contributed by atoms with Gasteiger partial charge in [-0.2, -0.15) is 0 Å². The molecule has 0 unspecified atom stereocenters. The molecular formula is C21H29NO2. The number of allylic oxidation sites excluding steroid dienone is 3. The first kappa shape index (κ1) is 19.9. The normalized spacial score (nSPS) is 14.0. The second-order valence-electron chi connectivity index (χ2n) is 6.48.